The van der Waals surface area contributed by atoms with Crippen LogP contribution in [0.3, 0.4) is 0 Å². The summed E-state index contributed by atoms with van der Waals surface area (Å²) in [5.74, 6) is 0.796. The second-order valence-corrected chi connectivity index (χ2v) is 7.65. The smallest absolute Gasteiger partial charge is 0.0351 e. The molecule has 2 unspecified atom stereocenters. The summed E-state index contributed by atoms with van der Waals surface area (Å²) in [7, 11) is 0. The Balaban J connectivity index is 1.93. The fourth-order valence-electron chi connectivity index (χ4n) is 5.02. The van der Waals surface area contributed by atoms with Crippen molar-refractivity contribution in [1.82, 2.24) is 0 Å². The Kier molecular flexibility index (Phi) is 2.69. The molecule has 3 aliphatic rings. The molecule has 0 N–H and O–H groups in total. The molecule has 0 saturated heterocycles. The zero-order valence-electron chi connectivity index (χ0n) is 14.8. The van der Waals surface area contributed by atoms with E-state index in [1.807, 2.05) is 0 Å². The van der Waals surface area contributed by atoms with Crippen molar-refractivity contribution in [3.63, 3.8) is 0 Å². The SMILES string of the molecule is Cc1cc(C)c2c(c1)C1c3ccccc3C2c2cc(C)c(C)cc21. The first kappa shape index (κ1) is 14.0. The molecule has 0 aromatic heterocycles. The molecule has 24 heavy (non-hydrogen) atoms. The van der Waals surface area contributed by atoms with Gasteiger partial charge >= 0.3 is 0 Å². The molecule has 3 aromatic rings. The van der Waals surface area contributed by atoms with Gasteiger partial charge in [-0.05, 0) is 77.8 Å². The fraction of sp³-hybridized carbons (Fsp3) is 0.250. The van der Waals surface area contributed by atoms with E-state index in [0.29, 0.717) is 11.8 Å². The maximum Gasteiger partial charge on any atom is 0.0351 e. The quantitative estimate of drug-likeness (QED) is 0.334. The summed E-state index contributed by atoms with van der Waals surface area (Å²) in [6.07, 6.45) is 0. The van der Waals surface area contributed by atoms with Crippen LogP contribution in [0.25, 0.3) is 0 Å². The van der Waals surface area contributed by atoms with E-state index in [9.17, 15) is 0 Å². The molecule has 3 aromatic carbocycles. The molecule has 0 saturated carbocycles. The first-order valence-corrected chi connectivity index (χ1v) is 8.87. The van der Waals surface area contributed by atoms with E-state index in [-0.39, 0.29) is 0 Å². The van der Waals surface area contributed by atoms with Gasteiger partial charge in [0.25, 0.3) is 0 Å². The van der Waals surface area contributed by atoms with E-state index < -0.39 is 0 Å². The van der Waals surface area contributed by atoms with Gasteiger partial charge in [0.15, 0.2) is 0 Å². The minimum Gasteiger partial charge on any atom is -0.0619 e. The summed E-state index contributed by atoms with van der Waals surface area (Å²) >= 11 is 0. The molecule has 0 heteroatoms. The highest BCUT2D eigenvalue weighted by molar-refractivity contribution is 5.70. The van der Waals surface area contributed by atoms with Crippen LogP contribution in [0.4, 0.5) is 0 Å². The monoisotopic (exact) mass is 310 g/mol. The van der Waals surface area contributed by atoms with Crippen molar-refractivity contribution in [3.8, 4) is 0 Å². The van der Waals surface area contributed by atoms with Crippen LogP contribution in [0.5, 0.6) is 0 Å². The van der Waals surface area contributed by atoms with Crippen LogP contribution in [0.1, 0.15) is 67.5 Å². The molecule has 0 aliphatic heterocycles. The van der Waals surface area contributed by atoms with Crippen LogP contribution >= 0.6 is 0 Å². The van der Waals surface area contributed by atoms with Gasteiger partial charge in [-0.25, -0.2) is 0 Å². The van der Waals surface area contributed by atoms with Crippen molar-refractivity contribution in [2.75, 3.05) is 0 Å². The normalized spacial score (nSPS) is 19.7. The minimum absolute atomic E-state index is 0.397. The molecule has 0 radical (unpaired) electrons. The Morgan fingerprint density at radius 2 is 1.12 bits per heavy atom. The van der Waals surface area contributed by atoms with Crippen LogP contribution in [0.15, 0.2) is 48.5 Å². The number of hydrogen-bond donors (Lipinski definition) is 0. The van der Waals surface area contributed by atoms with Crippen LogP contribution in [0, 0.1) is 27.7 Å². The average molecular weight is 310 g/mol. The van der Waals surface area contributed by atoms with Gasteiger partial charge in [-0.3, -0.25) is 0 Å². The lowest BCUT2D eigenvalue weighted by atomic mass is 9.59. The highest BCUT2D eigenvalue weighted by atomic mass is 14.4. The molecule has 0 amide bonds. The van der Waals surface area contributed by atoms with E-state index in [2.05, 4.69) is 76.2 Å². The molecule has 2 bridgehead atoms. The van der Waals surface area contributed by atoms with Gasteiger partial charge in [0.05, 0.1) is 0 Å². The lowest BCUT2D eigenvalue weighted by molar-refractivity contribution is 0.745. The van der Waals surface area contributed by atoms with Crippen molar-refractivity contribution in [2.24, 2.45) is 0 Å². The maximum absolute atomic E-state index is 2.44. The predicted molar refractivity (Wildman–Crippen MR) is 100 cm³/mol. The maximum atomic E-state index is 2.44. The lowest BCUT2D eigenvalue weighted by Crippen LogP contribution is -2.28. The summed E-state index contributed by atoms with van der Waals surface area (Å²) in [4.78, 5) is 0. The summed E-state index contributed by atoms with van der Waals surface area (Å²) in [5.41, 5.74) is 14.8. The van der Waals surface area contributed by atoms with Gasteiger partial charge in [-0.15, -0.1) is 0 Å². The van der Waals surface area contributed by atoms with Crippen LogP contribution < -0.4 is 0 Å². The minimum atomic E-state index is 0.397. The van der Waals surface area contributed by atoms with Gasteiger partial charge in [-0.2, -0.15) is 0 Å². The zero-order valence-corrected chi connectivity index (χ0v) is 14.8. The molecule has 0 heterocycles. The van der Waals surface area contributed by atoms with Gasteiger partial charge in [-0.1, -0.05) is 54.1 Å². The number of benzene rings is 3. The summed E-state index contributed by atoms with van der Waals surface area (Å²) < 4.78 is 0. The van der Waals surface area contributed by atoms with E-state index in [0.717, 1.165) is 0 Å². The summed E-state index contributed by atoms with van der Waals surface area (Å²) in [6, 6.07) is 18.7. The van der Waals surface area contributed by atoms with Gasteiger partial charge < -0.3 is 0 Å². The van der Waals surface area contributed by atoms with Crippen LogP contribution in [-0.2, 0) is 0 Å². The van der Waals surface area contributed by atoms with Crippen LogP contribution in [-0.4, -0.2) is 0 Å². The second kappa shape index (κ2) is 4.60. The second-order valence-electron chi connectivity index (χ2n) is 7.65. The van der Waals surface area contributed by atoms with Crippen molar-refractivity contribution in [3.05, 3.63) is 104 Å². The molecule has 3 aliphatic carbocycles. The van der Waals surface area contributed by atoms with Crippen molar-refractivity contribution < 1.29 is 0 Å². The standard InChI is InChI=1S/C24H22/c1-13-9-16(4)22-21(10-13)23-17-7-5-6-8-18(17)24(22)20-12-15(3)14(2)11-19(20)23/h5-12,23-24H,1-4H3. The van der Waals surface area contributed by atoms with Gasteiger partial charge in [0.1, 0.15) is 0 Å². The number of hydrogen-bond acceptors (Lipinski definition) is 0. The molecule has 0 fully saturated rings. The highest BCUT2D eigenvalue weighted by Gasteiger charge is 2.42. The Morgan fingerprint density at radius 1 is 0.542 bits per heavy atom. The highest BCUT2D eigenvalue weighted by Crippen LogP contribution is 2.56. The van der Waals surface area contributed by atoms with Gasteiger partial charge in [0.2, 0.25) is 0 Å². The van der Waals surface area contributed by atoms with E-state index >= 15 is 0 Å². The lowest BCUT2D eigenvalue weighted by Gasteiger charge is -2.43. The Bertz CT molecular complexity index is 1010. The molecule has 0 nitrogen and oxygen atoms in total. The number of rotatable bonds is 0. The first-order chi connectivity index (χ1) is 11.6. The van der Waals surface area contributed by atoms with Crippen molar-refractivity contribution >= 4 is 0 Å². The Morgan fingerprint density at radius 3 is 1.79 bits per heavy atom. The average Bonchev–Trinajstić information content (AvgIpc) is 2.55. The molecule has 0 spiro atoms. The third-order valence-corrected chi connectivity index (χ3v) is 6.10. The fourth-order valence-corrected chi connectivity index (χ4v) is 5.02. The molecular weight excluding hydrogens is 288 g/mol. The molecule has 6 rings (SSSR count). The Hall–Kier alpha value is -2.34. The largest absolute Gasteiger partial charge is 0.0619 e. The molecular formula is C24H22. The third-order valence-electron chi connectivity index (χ3n) is 6.10. The van der Waals surface area contributed by atoms with E-state index in [4.69, 9.17) is 0 Å². The van der Waals surface area contributed by atoms with Crippen LogP contribution in [0.2, 0.25) is 0 Å². The Labute approximate surface area is 144 Å². The summed E-state index contributed by atoms with van der Waals surface area (Å²) in [6.45, 7) is 9.00. The molecule has 118 valence electrons. The van der Waals surface area contributed by atoms with Crippen molar-refractivity contribution in [2.45, 2.75) is 39.5 Å². The van der Waals surface area contributed by atoms with Gasteiger partial charge in [0, 0.05) is 11.8 Å². The predicted octanol–water partition coefficient (Wildman–Crippen LogP) is 5.91. The third kappa shape index (κ3) is 1.64. The number of aryl methyl sites for hydroxylation is 4. The first-order valence-electron chi connectivity index (χ1n) is 8.87. The van der Waals surface area contributed by atoms with E-state index in [1.165, 1.54) is 50.1 Å². The van der Waals surface area contributed by atoms with E-state index in [1.54, 1.807) is 5.56 Å². The zero-order chi connectivity index (χ0) is 16.6. The topological polar surface area (TPSA) is 0 Å². The molecule has 2 atom stereocenters. The summed E-state index contributed by atoms with van der Waals surface area (Å²) in [5, 5.41) is 0. The van der Waals surface area contributed by atoms with Crippen molar-refractivity contribution in [1.29, 1.82) is 0 Å².